The largest absolute Gasteiger partial charge is 0.493 e. The lowest BCUT2D eigenvalue weighted by molar-refractivity contribution is 0.285. The van der Waals surface area contributed by atoms with Crippen molar-refractivity contribution >= 4 is 22.3 Å². The van der Waals surface area contributed by atoms with Gasteiger partial charge in [0.15, 0.2) is 11.5 Å². The predicted molar refractivity (Wildman–Crippen MR) is 118 cm³/mol. The first kappa shape index (κ1) is 18.8. The standard InChI is InChI=1S/C25H24N2O2/c1-17-4-8-19(9-5-17)16-29-25-14-21-22(27-20-10-6-18(2)7-11-20)12-13-26-23(21)15-24(25)28-3/h4-15H,16H2,1-3H3,(H,26,27). The first-order valence-corrected chi connectivity index (χ1v) is 9.61. The van der Waals surface area contributed by atoms with E-state index in [1.54, 1.807) is 13.3 Å². The van der Waals surface area contributed by atoms with Gasteiger partial charge in [-0.15, -0.1) is 0 Å². The molecule has 0 saturated carbocycles. The topological polar surface area (TPSA) is 43.4 Å². The fraction of sp³-hybridized carbons (Fsp3) is 0.160. The fourth-order valence-corrected chi connectivity index (χ4v) is 3.17. The Morgan fingerprint density at radius 2 is 1.52 bits per heavy atom. The summed E-state index contributed by atoms with van der Waals surface area (Å²) in [5, 5.41) is 4.46. The number of nitrogens with one attached hydrogen (secondary N) is 1. The first-order chi connectivity index (χ1) is 14.1. The number of hydrogen-bond acceptors (Lipinski definition) is 4. The molecule has 0 aliphatic heterocycles. The molecule has 4 heteroatoms. The van der Waals surface area contributed by atoms with Crippen molar-refractivity contribution in [3.05, 3.63) is 89.6 Å². The molecule has 0 spiro atoms. The molecule has 1 heterocycles. The third-order valence-electron chi connectivity index (χ3n) is 4.87. The van der Waals surface area contributed by atoms with E-state index in [1.165, 1.54) is 11.1 Å². The van der Waals surface area contributed by atoms with Crippen LogP contribution in [0.2, 0.25) is 0 Å². The van der Waals surface area contributed by atoms with E-state index in [-0.39, 0.29) is 0 Å². The van der Waals surface area contributed by atoms with Gasteiger partial charge in [0.05, 0.1) is 12.6 Å². The summed E-state index contributed by atoms with van der Waals surface area (Å²) in [7, 11) is 1.65. The number of nitrogens with zero attached hydrogens (tertiary/aromatic N) is 1. The number of rotatable bonds is 6. The lowest BCUT2D eigenvalue weighted by atomic mass is 10.1. The van der Waals surface area contributed by atoms with Crippen LogP contribution in [0.3, 0.4) is 0 Å². The van der Waals surface area contributed by atoms with Crippen LogP contribution in [0.25, 0.3) is 10.9 Å². The number of methoxy groups -OCH3 is 1. The van der Waals surface area contributed by atoms with Gasteiger partial charge in [-0.1, -0.05) is 47.5 Å². The van der Waals surface area contributed by atoms with Gasteiger partial charge in [0.1, 0.15) is 6.61 Å². The Labute approximate surface area is 171 Å². The van der Waals surface area contributed by atoms with Gasteiger partial charge in [-0.2, -0.15) is 0 Å². The first-order valence-electron chi connectivity index (χ1n) is 9.61. The molecular formula is C25H24N2O2. The van der Waals surface area contributed by atoms with E-state index in [0.717, 1.165) is 27.8 Å². The number of ether oxygens (including phenoxy) is 2. The zero-order valence-corrected chi connectivity index (χ0v) is 16.9. The maximum Gasteiger partial charge on any atom is 0.162 e. The zero-order valence-electron chi connectivity index (χ0n) is 16.9. The quantitative estimate of drug-likeness (QED) is 0.431. The van der Waals surface area contributed by atoms with E-state index in [1.807, 2.05) is 18.2 Å². The van der Waals surface area contributed by atoms with Gasteiger partial charge in [0, 0.05) is 29.0 Å². The van der Waals surface area contributed by atoms with Crippen molar-refractivity contribution in [2.75, 3.05) is 12.4 Å². The van der Waals surface area contributed by atoms with Gasteiger partial charge in [-0.05, 0) is 43.7 Å². The molecule has 4 rings (SSSR count). The summed E-state index contributed by atoms with van der Waals surface area (Å²) in [5.41, 5.74) is 6.42. The third kappa shape index (κ3) is 4.32. The molecule has 3 aromatic carbocycles. The number of aryl methyl sites for hydroxylation is 2. The lowest BCUT2D eigenvalue weighted by Crippen LogP contribution is -1.99. The van der Waals surface area contributed by atoms with Gasteiger partial charge < -0.3 is 14.8 Å². The van der Waals surface area contributed by atoms with E-state index in [2.05, 4.69) is 72.7 Å². The molecule has 29 heavy (non-hydrogen) atoms. The van der Waals surface area contributed by atoms with Crippen LogP contribution in [0.15, 0.2) is 72.9 Å². The van der Waals surface area contributed by atoms with E-state index in [0.29, 0.717) is 18.1 Å². The predicted octanol–water partition coefficient (Wildman–Crippen LogP) is 6.18. The molecule has 0 amide bonds. The zero-order chi connectivity index (χ0) is 20.2. The summed E-state index contributed by atoms with van der Waals surface area (Å²) < 4.78 is 11.6. The van der Waals surface area contributed by atoms with E-state index < -0.39 is 0 Å². The molecule has 0 saturated heterocycles. The van der Waals surface area contributed by atoms with Crippen LogP contribution in [0.5, 0.6) is 11.5 Å². The summed E-state index contributed by atoms with van der Waals surface area (Å²) >= 11 is 0. The molecule has 0 bridgehead atoms. The molecule has 0 atom stereocenters. The van der Waals surface area contributed by atoms with Crippen LogP contribution in [0, 0.1) is 13.8 Å². The van der Waals surface area contributed by atoms with E-state index >= 15 is 0 Å². The minimum atomic E-state index is 0.475. The Balaban J connectivity index is 1.66. The third-order valence-corrected chi connectivity index (χ3v) is 4.87. The average Bonchev–Trinajstić information content (AvgIpc) is 2.74. The maximum absolute atomic E-state index is 6.10. The summed E-state index contributed by atoms with van der Waals surface area (Å²) in [4.78, 5) is 4.50. The van der Waals surface area contributed by atoms with Crippen LogP contribution in [-0.4, -0.2) is 12.1 Å². The fourth-order valence-electron chi connectivity index (χ4n) is 3.17. The number of benzene rings is 3. The Bertz CT molecular complexity index is 1120. The number of hydrogen-bond donors (Lipinski definition) is 1. The highest BCUT2D eigenvalue weighted by atomic mass is 16.5. The molecular weight excluding hydrogens is 360 g/mol. The Morgan fingerprint density at radius 1 is 0.828 bits per heavy atom. The van der Waals surface area contributed by atoms with Crippen LogP contribution in [-0.2, 0) is 6.61 Å². The summed E-state index contributed by atoms with van der Waals surface area (Å²) in [6.45, 7) is 4.63. The van der Waals surface area contributed by atoms with Crippen molar-refractivity contribution in [3.8, 4) is 11.5 Å². The summed E-state index contributed by atoms with van der Waals surface area (Å²) in [6.07, 6.45) is 1.80. The SMILES string of the molecule is COc1cc2nccc(Nc3ccc(C)cc3)c2cc1OCc1ccc(C)cc1. The highest BCUT2D eigenvalue weighted by molar-refractivity contribution is 5.95. The van der Waals surface area contributed by atoms with Gasteiger partial charge in [0.25, 0.3) is 0 Å². The van der Waals surface area contributed by atoms with Gasteiger partial charge in [-0.25, -0.2) is 0 Å². The number of pyridine rings is 1. The second-order valence-corrected chi connectivity index (χ2v) is 7.14. The highest BCUT2D eigenvalue weighted by Gasteiger charge is 2.11. The number of fused-ring (bicyclic) bond motifs is 1. The smallest absolute Gasteiger partial charge is 0.162 e. The number of anilines is 2. The minimum absolute atomic E-state index is 0.475. The van der Waals surface area contributed by atoms with Crippen molar-refractivity contribution in [2.45, 2.75) is 20.5 Å². The molecule has 0 aliphatic rings. The summed E-state index contributed by atoms with van der Waals surface area (Å²) in [6, 6.07) is 22.5. The molecule has 4 aromatic rings. The summed E-state index contributed by atoms with van der Waals surface area (Å²) in [5.74, 6) is 1.37. The van der Waals surface area contributed by atoms with Crippen molar-refractivity contribution in [2.24, 2.45) is 0 Å². The molecule has 146 valence electrons. The average molecular weight is 384 g/mol. The normalized spacial score (nSPS) is 10.7. The van der Waals surface area contributed by atoms with Crippen LogP contribution in [0.4, 0.5) is 11.4 Å². The van der Waals surface area contributed by atoms with Gasteiger partial charge >= 0.3 is 0 Å². The van der Waals surface area contributed by atoms with Crippen molar-refractivity contribution in [1.82, 2.24) is 4.98 Å². The van der Waals surface area contributed by atoms with Crippen LogP contribution < -0.4 is 14.8 Å². The van der Waals surface area contributed by atoms with Crippen LogP contribution in [0.1, 0.15) is 16.7 Å². The van der Waals surface area contributed by atoms with Crippen molar-refractivity contribution in [3.63, 3.8) is 0 Å². The molecule has 0 aliphatic carbocycles. The van der Waals surface area contributed by atoms with Crippen molar-refractivity contribution < 1.29 is 9.47 Å². The molecule has 0 unspecified atom stereocenters. The van der Waals surface area contributed by atoms with Crippen LogP contribution >= 0.6 is 0 Å². The molecule has 1 aromatic heterocycles. The molecule has 0 fully saturated rings. The number of aromatic nitrogens is 1. The molecule has 1 N–H and O–H groups in total. The second-order valence-electron chi connectivity index (χ2n) is 7.14. The maximum atomic E-state index is 6.10. The Morgan fingerprint density at radius 3 is 2.21 bits per heavy atom. The molecule has 4 nitrogen and oxygen atoms in total. The molecule has 0 radical (unpaired) electrons. The van der Waals surface area contributed by atoms with E-state index in [9.17, 15) is 0 Å². The van der Waals surface area contributed by atoms with E-state index in [4.69, 9.17) is 9.47 Å². The lowest BCUT2D eigenvalue weighted by Gasteiger charge is -2.15. The monoisotopic (exact) mass is 384 g/mol. The van der Waals surface area contributed by atoms with Gasteiger partial charge in [-0.3, -0.25) is 4.98 Å². The second kappa shape index (κ2) is 8.23. The van der Waals surface area contributed by atoms with Crippen molar-refractivity contribution in [1.29, 1.82) is 0 Å². The highest BCUT2D eigenvalue weighted by Crippen LogP contribution is 2.36. The van der Waals surface area contributed by atoms with Gasteiger partial charge in [0.2, 0.25) is 0 Å². The Kier molecular flexibility index (Phi) is 5.34. The minimum Gasteiger partial charge on any atom is -0.493 e. The Hall–Kier alpha value is -3.53.